The van der Waals surface area contributed by atoms with Gasteiger partial charge in [-0.1, -0.05) is 29.4 Å². The summed E-state index contributed by atoms with van der Waals surface area (Å²) in [5.41, 5.74) is 1.48. The van der Waals surface area contributed by atoms with Gasteiger partial charge < -0.3 is 4.52 Å². The molecule has 2 aromatic heterocycles. The highest BCUT2D eigenvalue weighted by atomic mass is 32.1. The van der Waals surface area contributed by atoms with E-state index in [4.69, 9.17) is 0 Å². The highest BCUT2D eigenvalue weighted by Gasteiger charge is 2.38. The summed E-state index contributed by atoms with van der Waals surface area (Å²) < 4.78 is 41.4. The van der Waals surface area contributed by atoms with Gasteiger partial charge in [-0.3, -0.25) is 0 Å². The molecular weight excluding hydrogens is 303 g/mol. The Labute approximate surface area is 121 Å². The van der Waals surface area contributed by atoms with Crippen molar-refractivity contribution in [3.63, 3.8) is 0 Å². The van der Waals surface area contributed by atoms with E-state index in [1.54, 1.807) is 41.8 Å². The van der Waals surface area contributed by atoms with Crippen molar-refractivity contribution >= 4 is 11.3 Å². The van der Waals surface area contributed by atoms with Gasteiger partial charge in [0.25, 0.3) is 0 Å². The van der Waals surface area contributed by atoms with Crippen LogP contribution in [0.2, 0.25) is 0 Å². The third-order valence-electron chi connectivity index (χ3n) is 2.72. The highest BCUT2D eigenvalue weighted by Crippen LogP contribution is 2.29. The van der Waals surface area contributed by atoms with Gasteiger partial charge in [0.2, 0.25) is 5.82 Å². The molecule has 0 fully saturated rings. The normalized spacial score (nSPS) is 11.8. The number of benzene rings is 1. The van der Waals surface area contributed by atoms with Gasteiger partial charge in [-0.15, -0.1) is 11.3 Å². The predicted molar refractivity (Wildman–Crippen MR) is 69.7 cm³/mol. The van der Waals surface area contributed by atoms with Gasteiger partial charge in [-0.25, -0.2) is 4.98 Å². The maximum Gasteiger partial charge on any atom is 0.471 e. The summed E-state index contributed by atoms with van der Waals surface area (Å²) in [4.78, 5) is 7.52. The minimum Gasteiger partial charge on any atom is -0.329 e. The Morgan fingerprint density at radius 1 is 1.14 bits per heavy atom. The van der Waals surface area contributed by atoms with Crippen LogP contribution in [0.5, 0.6) is 0 Å². The average molecular weight is 311 g/mol. The summed E-state index contributed by atoms with van der Waals surface area (Å²) in [5, 5.41) is 6.21. The third-order valence-corrected chi connectivity index (χ3v) is 3.50. The largest absolute Gasteiger partial charge is 0.471 e. The molecule has 4 nitrogen and oxygen atoms in total. The van der Waals surface area contributed by atoms with Crippen LogP contribution in [0.15, 0.2) is 40.4 Å². The van der Waals surface area contributed by atoms with Crippen LogP contribution in [0, 0.1) is 0 Å². The summed E-state index contributed by atoms with van der Waals surface area (Å²) in [5.74, 6) is -1.42. The van der Waals surface area contributed by atoms with E-state index in [0.29, 0.717) is 12.0 Å². The number of thiazole rings is 1. The molecule has 0 atom stereocenters. The standard InChI is InChI=1S/C13H8F3N3OS/c14-13(15,16)12-18-11(19-20-12)9-3-1-8(2-4-9)7-10-17-5-6-21-10/h1-6H,7H2. The maximum absolute atomic E-state index is 12.4. The first-order valence-electron chi connectivity index (χ1n) is 5.91. The molecule has 0 aliphatic carbocycles. The quantitative estimate of drug-likeness (QED) is 0.738. The Kier molecular flexibility index (Phi) is 3.46. The van der Waals surface area contributed by atoms with E-state index in [1.165, 1.54) is 0 Å². The van der Waals surface area contributed by atoms with Crippen molar-refractivity contribution in [2.45, 2.75) is 12.6 Å². The van der Waals surface area contributed by atoms with E-state index in [9.17, 15) is 13.2 Å². The van der Waals surface area contributed by atoms with Crippen LogP contribution in [0.1, 0.15) is 16.5 Å². The van der Waals surface area contributed by atoms with Crippen molar-refractivity contribution in [2.24, 2.45) is 0 Å². The summed E-state index contributed by atoms with van der Waals surface area (Å²) in [6.45, 7) is 0. The predicted octanol–water partition coefficient (Wildman–Crippen LogP) is 3.80. The lowest BCUT2D eigenvalue weighted by molar-refractivity contribution is -0.159. The number of hydrogen-bond donors (Lipinski definition) is 0. The van der Waals surface area contributed by atoms with Crippen molar-refractivity contribution in [2.75, 3.05) is 0 Å². The summed E-state index contributed by atoms with van der Waals surface area (Å²) >= 11 is 1.55. The van der Waals surface area contributed by atoms with Gasteiger partial charge in [0.15, 0.2) is 0 Å². The Hall–Kier alpha value is -2.22. The minimum absolute atomic E-state index is 0.0804. The molecule has 2 heterocycles. The van der Waals surface area contributed by atoms with Crippen LogP contribution in [0.4, 0.5) is 13.2 Å². The summed E-state index contributed by atoms with van der Waals surface area (Å²) in [6.07, 6.45) is -2.22. The molecule has 0 aliphatic rings. The molecule has 0 amide bonds. The van der Waals surface area contributed by atoms with E-state index in [0.717, 1.165) is 10.6 Å². The first-order chi connectivity index (χ1) is 10.0. The van der Waals surface area contributed by atoms with Crippen LogP contribution in [0.25, 0.3) is 11.4 Å². The monoisotopic (exact) mass is 311 g/mol. The van der Waals surface area contributed by atoms with Crippen molar-refractivity contribution < 1.29 is 17.7 Å². The third kappa shape index (κ3) is 3.10. The van der Waals surface area contributed by atoms with Gasteiger partial charge in [-0.2, -0.15) is 18.2 Å². The van der Waals surface area contributed by atoms with E-state index in [-0.39, 0.29) is 5.82 Å². The SMILES string of the molecule is FC(F)(F)c1nc(-c2ccc(Cc3nccs3)cc2)no1. The molecule has 0 N–H and O–H groups in total. The smallest absolute Gasteiger partial charge is 0.329 e. The average Bonchev–Trinajstić information content (AvgIpc) is 3.09. The van der Waals surface area contributed by atoms with Crippen molar-refractivity contribution in [3.8, 4) is 11.4 Å². The molecule has 0 saturated heterocycles. The Balaban J connectivity index is 1.79. The number of rotatable bonds is 3. The van der Waals surface area contributed by atoms with Gasteiger partial charge >= 0.3 is 12.1 Å². The Morgan fingerprint density at radius 3 is 2.48 bits per heavy atom. The van der Waals surface area contributed by atoms with E-state index >= 15 is 0 Å². The van der Waals surface area contributed by atoms with Crippen molar-refractivity contribution in [1.29, 1.82) is 0 Å². The number of hydrogen-bond acceptors (Lipinski definition) is 5. The lowest BCUT2D eigenvalue weighted by Gasteiger charge is -1.99. The first kappa shape index (κ1) is 13.7. The zero-order chi connectivity index (χ0) is 14.9. The highest BCUT2D eigenvalue weighted by molar-refractivity contribution is 7.09. The van der Waals surface area contributed by atoms with Gasteiger partial charge in [-0.05, 0) is 5.56 Å². The lowest BCUT2D eigenvalue weighted by atomic mass is 10.1. The number of halogens is 3. The molecule has 0 unspecified atom stereocenters. The molecule has 21 heavy (non-hydrogen) atoms. The van der Waals surface area contributed by atoms with Crippen LogP contribution in [-0.4, -0.2) is 15.1 Å². The van der Waals surface area contributed by atoms with Gasteiger partial charge in [0.05, 0.1) is 5.01 Å². The molecule has 0 saturated carbocycles. The fraction of sp³-hybridized carbons (Fsp3) is 0.154. The topological polar surface area (TPSA) is 51.8 Å². The molecule has 1 aromatic carbocycles. The molecule has 0 bridgehead atoms. The number of nitrogens with zero attached hydrogens (tertiary/aromatic N) is 3. The lowest BCUT2D eigenvalue weighted by Crippen LogP contribution is -2.04. The summed E-state index contributed by atoms with van der Waals surface area (Å²) in [6, 6.07) is 6.93. The second kappa shape index (κ2) is 5.28. The Morgan fingerprint density at radius 2 is 1.90 bits per heavy atom. The molecule has 3 rings (SSSR count). The molecule has 0 aliphatic heterocycles. The Bertz CT molecular complexity index is 720. The second-order valence-corrected chi connectivity index (χ2v) is 5.20. The number of aromatic nitrogens is 3. The zero-order valence-corrected chi connectivity index (χ0v) is 11.3. The summed E-state index contributed by atoms with van der Waals surface area (Å²) in [7, 11) is 0. The van der Waals surface area contributed by atoms with Crippen LogP contribution >= 0.6 is 11.3 Å². The maximum atomic E-state index is 12.4. The molecule has 8 heteroatoms. The second-order valence-electron chi connectivity index (χ2n) is 4.22. The van der Waals surface area contributed by atoms with Crippen LogP contribution < -0.4 is 0 Å². The number of alkyl halides is 3. The molecule has 0 spiro atoms. The fourth-order valence-electron chi connectivity index (χ4n) is 1.74. The van der Waals surface area contributed by atoms with E-state index in [1.807, 2.05) is 5.38 Å². The van der Waals surface area contributed by atoms with E-state index in [2.05, 4.69) is 19.6 Å². The van der Waals surface area contributed by atoms with Crippen molar-refractivity contribution in [1.82, 2.24) is 15.1 Å². The molecule has 3 aromatic rings. The minimum atomic E-state index is -4.63. The van der Waals surface area contributed by atoms with E-state index < -0.39 is 12.1 Å². The molecular formula is C13H8F3N3OS. The van der Waals surface area contributed by atoms with Gasteiger partial charge in [0.1, 0.15) is 0 Å². The fourth-order valence-corrected chi connectivity index (χ4v) is 2.39. The van der Waals surface area contributed by atoms with Gasteiger partial charge in [0, 0.05) is 23.6 Å². The van der Waals surface area contributed by atoms with Crippen LogP contribution in [0.3, 0.4) is 0 Å². The first-order valence-corrected chi connectivity index (χ1v) is 6.79. The molecule has 108 valence electrons. The van der Waals surface area contributed by atoms with Crippen LogP contribution in [-0.2, 0) is 12.6 Å². The molecule has 0 radical (unpaired) electrons. The zero-order valence-electron chi connectivity index (χ0n) is 10.5. The van der Waals surface area contributed by atoms with Crippen molar-refractivity contribution in [3.05, 3.63) is 52.3 Å².